The molecule has 1 aromatic carbocycles. The summed E-state index contributed by atoms with van der Waals surface area (Å²) in [7, 11) is 0. The van der Waals surface area contributed by atoms with E-state index in [4.69, 9.17) is 5.73 Å². The van der Waals surface area contributed by atoms with Crippen molar-refractivity contribution >= 4 is 27.3 Å². The predicted molar refractivity (Wildman–Crippen MR) is 98.4 cm³/mol. The average molecular weight is 434 g/mol. The number of nitrogens with zero attached hydrogens (tertiary/aromatic N) is 6. The summed E-state index contributed by atoms with van der Waals surface area (Å²) in [6, 6.07) is 5.30. The molecule has 0 aliphatic carbocycles. The standard InChI is InChI=1S/C17H14BrF2N7/c18-13-7-12(27-16(13)17(21)22-9-23-27)3-1-2-11-8-26(25-24-11)15-5-4-10(19)6-14(15)20/h4-9H,1-3H2,(H2,21,22,23). The van der Waals surface area contributed by atoms with E-state index in [1.54, 1.807) is 10.7 Å². The van der Waals surface area contributed by atoms with E-state index in [0.717, 1.165) is 34.6 Å². The van der Waals surface area contributed by atoms with E-state index >= 15 is 0 Å². The van der Waals surface area contributed by atoms with Crippen LogP contribution in [-0.2, 0) is 12.8 Å². The lowest BCUT2D eigenvalue weighted by molar-refractivity contribution is 0.572. The molecule has 3 heterocycles. The molecule has 0 bridgehead atoms. The second-order valence-electron chi connectivity index (χ2n) is 5.99. The van der Waals surface area contributed by atoms with Gasteiger partial charge >= 0.3 is 0 Å². The third kappa shape index (κ3) is 3.39. The van der Waals surface area contributed by atoms with E-state index in [2.05, 4.69) is 36.3 Å². The quantitative estimate of drug-likeness (QED) is 0.522. The first kappa shape index (κ1) is 17.5. The van der Waals surface area contributed by atoms with Gasteiger partial charge < -0.3 is 5.73 Å². The van der Waals surface area contributed by atoms with Crippen molar-refractivity contribution in [3.63, 3.8) is 0 Å². The van der Waals surface area contributed by atoms with Crippen LogP contribution < -0.4 is 5.73 Å². The van der Waals surface area contributed by atoms with Gasteiger partial charge in [-0.3, -0.25) is 0 Å². The maximum Gasteiger partial charge on any atom is 0.152 e. The summed E-state index contributed by atoms with van der Waals surface area (Å²) in [6.07, 6.45) is 5.23. The summed E-state index contributed by atoms with van der Waals surface area (Å²) in [6.45, 7) is 0. The number of nitrogen functional groups attached to an aromatic ring is 1. The van der Waals surface area contributed by atoms with E-state index in [9.17, 15) is 8.78 Å². The maximum atomic E-state index is 13.8. The number of rotatable bonds is 5. The first-order valence-corrected chi connectivity index (χ1v) is 8.95. The molecule has 0 aliphatic heterocycles. The van der Waals surface area contributed by atoms with Gasteiger partial charge in [-0.05, 0) is 53.4 Å². The topological polar surface area (TPSA) is 86.9 Å². The van der Waals surface area contributed by atoms with Crippen LogP contribution in [0.25, 0.3) is 11.2 Å². The normalized spacial score (nSPS) is 11.4. The van der Waals surface area contributed by atoms with Gasteiger partial charge in [-0.25, -0.2) is 23.0 Å². The molecule has 0 saturated carbocycles. The molecule has 0 atom stereocenters. The van der Waals surface area contributed by atoms with Gasteiger partial charge in [0.05, 0.1) is 11.9 Å². The Balaban J connectivity index is 1.46. The Morgan fingerprint density at radius 1 is 1.15 bits per heavy atom. The molecule has 138 valence electrons. The van der Waals surface area contributed by atoms with Crippen molar-refractivity contribution in [3.8, 4) is 5.69 Å². The molecule has 0 radical (unpaired) electrons. The SMILES string of the molecule is Nc1ncnn2c(CCCc3cn(-c4ccc(F)cc4F)nn3)cc(Br)c12. The van der Waals surface area contributed by atoms with E-state index in [1.165, 1.54) is 23.1 Å². The highest BCUT2D eigenvalue weighted by Gasteiger charge is 2.12. The summed E-state index contributed by atoms with van der Waals surface area (Å²) in [5.74, 6) is -0.910. The van der Waals surface area contributed by atoms with Gasteiger partial charge in [0, 0.05) is 16.2 Å². The van der Waals surface area contributed by atoms with Crippen molar-refractivity contribution in [2.45, 2.75) is 19.3 Å². The Morgan fingerprint density at radius 3 is 2.81 bits per heavy atom. The number of hydrogen-bond donors (Lipinski definition) is 1. The zero-order chi connectivity index (χ0) is 19.0. The number of halogens is 3. The van der Waals surface area contributed by atoms with E-state index in [1.807, 2.05) is 6.07 Å². The lowest BCUT2D eigenvalue weighted by atomic mass is 10.1. The van der Waals surface area contributed by atoms with Crippen LogP contribution in [0.5, 0.6) is 0 Å². The van der Waals surface area contributed by atoms with Crippen molar-refractivity contribution in [2.75, 3.05) is 5.73 Å². The molecule has 4 rings (SSSR count). The van der Waals surface area contributed by atoms with Gasteiger partial charge in [-0.15, -0.1) is 5.10 Å². The number of anilines is 1. The first-order chi connectivity index (χ1) is 13.0. The number of benzene rings is 1. The summed E-state index contributed by atoms with van der Waals surface area (Å²) >= 11 is 3.48. The lowest BCUT2D eigenvalue weighted by Gasteiger charge is -2.02. The summed E-state index contributed by atoms with van der Waals surface area (Å²) in [4.78, 5) is 3.99. The van der Waals surface area contributed by atoms with Gasteiger partial charge in [0.15, 0.2) is 11.6 Å². The smallest absolute Gasteiger partial charge is 0.152 e. The summed E-state index contributed by atoms with van der Waals surface area (Å²) in [5.41, 5.74) is 8.49. The second-order valence-corrected chi connectivity index (χ2v) is 6.85. The highest BCUT2D eigenvalue weighted by Crippen LogP contribution is 2.26. The molecule has 10 heteroatoms. The Morgan fingerprint density at radius 2 is 2.00 bits per heavy atom. The number of aryl methyl sites for hydroxylation is 2. The molecule has 0 aliphatic rings. The second kappa shape index (κ2) is 7.03. The van der Waals surface area contributed by atoms with Crippen LogP contribution in [0.4, 0.5) is 14.6 Å². The zero-order valence-electron chi connectivity index (χ0n) is 14.0. The molecule has 0 saturated heterocycles. The Hall–Kier alpha value is -2.88. The Bertz CT molecular complexity index is 1120. The zero-order valence-corrected chi connectivity index (χ0v) is 15.6. The van der Waals surface area contributed by atoms with Gasteiger partial charge in [0.25, 0.3) is 0 Å². The van der Waals surface area contributed by atoms with Crippen molar-refractivity contribution in [3.05, 3.63) is 64.3 Å². The summed E-state index contributed by atoms with van der Waals surface area (Å²) < 4.78 is 30.8. The van der Waals surface area contributed by atoms with Crippen LogP contribution in [0.15, 0.2) is 41.3 Å². The van der Waals surface area contributed by atoms with Crippen LogP contribution in [0.2, 0.25) is 0 Å². The fraction of sp³-hybridized carbons (Fsp3) is 0.176. The molecule has 0 amide bonds. The predicted octanol–water partition coefficient (Wildman–Crippen LogP) is 3.11. The molecular weight excluding hydrogens is 420 g/mol. The minimum absolute atomic E-state index is 0.156. The highest BCUT2D eigenvalue weighted by atomic mass is 79.9. The van der Waals surface area contributed by atoms with Gasteiger partial charge in [0.2, 0.25) is 0 Å². The molecule has 0 spiro atoms. The molecule has 3 aromatic heterocycles. The molecule has 0 fully saturated rings. The van der Waals surface area contributed by atoms with Crippen LogP contribution in [0.3, 0.4) is 0 Å². The summed E-state index contributed by atoms with van der Waals surface area (Å²) in [5, 5.41) is 12.2. The minimum Gasteiger partial charge on any atom is -0.382 e. The van der Waals surface area contributed by atoms with Crippen LogP contribution in [-0.4, -0.2) is 29.6 Å². The van der Waals surface area contributed by atoms with E-state index < -0.39 is 11.6 Å². The fourth-order valence-electron chi connectivity index (χ4n) is 2.91. The van der Waals surface area contributed by atoms with Gasteiger partial charge in [-0.1, -0.05) is 5.21 Å². The minimum atomic E-state index is -0.687. The largest absolute Gasteiger partial charge is 0.382 e. The molecule has 0 unspecified atom stereocenters. The van der Waals surface area contributed by atoms with Crippen molar-refractivity contribution in [1.29, 1.82) is 0 Å². The number of nitrogens with two attached hydrogens (primary N) is 1. The molecule has 7 nitrogen and oxygen atoms in total. The van der Waals surface area contributed by atoms with Crippen LogP contribution in [0, 0.1) is 11.6 Å². The Kier molecular flexibility index (Phi) is 4.56. The van der Waals surface area contributed by atoms with Crippen molar-refractivity contribution in [2.24, 2.45) is 0 Å². The third-order valence-corrected chi connectivity index (χ3v) is 4.78. The molecule has 4 aromatic rings. The van der Waals surface area contributed by atoms with Crippen LogP contribution >= 0.6 is 15.9 Å². The molecule has 27 heavy (non-hydrogen) atoms. The van der Waals surface area contributed by atoms with Crippen LogP contribution in [0.1, 0.15) is 17.8 Å². The van der Waals surface area contributed by atoms with Gasteiger partial charge in [-0.2, -0.15) is 5.10 Å². The fourth-order valence-corrected chi connectivity index (χ4v) is 3.55. The number of aromatic nitrogens is 6. The first-order valence-electron chi connectivity index (χ1n) is 8.16. The van der Waals surface area contributed by atoms with Gasteiger partial charge in [0.1, 0.15) is 23.3 Å². The molecular formula is C17H14BrF2N7. The highest BCUT2D eigenvalue weighted by molar-refractivity contribution is 9.10. The third-order valence-electron chi connectivity index (χ3n) is 4.17. The maximum absolute atomic E-state index is 13.8. The number of fused-ring (bicyclic) bond motifs is 1. The van der Waals surface area contributed by atoms with E-state index in [-0.39, 0.29) is 5.69 Å². The van der Waals surface area contributed by atoms with Crippen molar-refractivity contribution < 1.29 is 8.78 Å². The van der Waals surface area contributed by atoms with Crippen molar-refractivity contribution in [1.82, 2.24) is 29.6 Å². The molecule has 2 N–H and O–H groups in total. The van der Waals surface area contributed by atoms with E-state index in [0.29, 0.717) is 17.9 Å². The monoisotopic (exact) mass is 433 g/mol. The average Bonchev–Trinajstić information content (AvgIpc) is 3.21. The number of hydrogen-bond acceptors (Lipinski definition) is 5. The lowest BCUT2D eigenvalue weighted by Crippen LogP contribution is -2.02. The Labute approximate surface area is 161 Å².